The lowest BCUT2D eigenvalue weighted by Gasteiger charge is -2.15. The van der Waals surface area contributed by atoms with E-state index in [0.29, 0.717) is 18.4 Å². The first-order valence-electron chi connectivity index (χ1n) is 12.8. The third kappa shape index (κ3) is 7.13. The number of hydrogen-bond acceptors (Lipinski definition) is 11. The zero-order chi connectivity index (χ0) is 35.9. The Bertz CT molecular complexity index is 2270. The number of halogens is 6. The van der Waals surface area contributed by atoms with E-state index in [1.807, 2.05) is 0 Å². The summed E-state index contributed by atoms with van der Waals surface area (Å²) in [7, 11) is -0.0723. The van der Waals surface area contributed by atoms with Crippen LogP contribution in [0.4, 0.5) is 32.0 Å². The molecule has 3 aromatic heterocycles. The maximum atomic E-state index is 13.5. The highest BCUT2D eigenvalue weighted by atomic mass is 32.2. The normalized spacial score (nSPS) is 12.0. The summed E-state index contributed by atoms with van der Waals surface area (Å²) in [6.07, 6.45) is -6.48. The molecule has 0 amide bonds. The van der Waals surface area contributed by atoms with Gasteiger partial charge in [-0.3, -0.25) is 4.79 Å². The van der Waals surface area contributed by atoms with Crippen LogP contribution in [0, 0.1) is 0 Å². The maximum absolute atomic E-state index is 13.5. The second-order valence-corrected chi connectivity index (χ2v) is 11.6. The molecule has 0 aliphatic carbocycles. The molecule has 0 spiro atoms. The minimum atomic E-state index is -4.80. The Morgan fingerprint density at radius 3 is 1.83 bits per heavy atom. The topological polar surface area (TPSA) is 215 Å². The summed E-state index contributed by atoms with van der Waals surface area (Å²) in [5, 5.41) is 13.9. The predicted octanol–water partition coefficient (Wildman–Crippen LogP) is 1.88. The van der Waals surface area contributed by atoms with E-state index in [9.17, 15) is 49.1 Å². The van der Waals surface area contributed by atoms with Gasteiger partial charge < -0.3 is 15.5 Å². The van der Waals surface area contributed by atoms with Crippen molar-refractivity contribution in [2.75, 3.05) is 23.9 Å². The number of ether oxygens (including phenoxy) is 1. The summed E-state index contributed by atoms with van der Waals surface area (Å²) in [5.74, 6) is -0.822. The van der Waals surface area contributed by atoms with Crippen molar-refractivity contribution in [1.82, 2.24) is 39.6 Å². The second kappa shape index (κ2) is 12.5. The number of anilines is 1. The molecule has 256 valence electrons. The van der Waals surface area contributed by atoms with Crippen LogP contribution in [0.3, 0.4) is 0 Å². The van der Waals surface area contributed by atoms with E-state index < -0.39 is 61.8 Å². The first-order chi connectivity index (χ1) is 22.1. The standard InChI is InChI=1S/C13H11F3N6O4S.C12H11F3N4O2/c1-21-10(5-17-19-21)6-3-7-9(4-8(6)13(14,15)16)18-12(24)22(11(7)23)20-27(2,25)26;1-19-10(5-17-18-19)6-3-7(11(20)21-2)9(16)4-8(6)12(13,14)15/h3-5,20H,1-2H3,(H,18,24);3-5H,16H2,1-2H3. The zero-order valence-electron chi connectivity index (χ0n) is 24.8. The van der Waals surface area contributed by atoms with Crippen LogP contribution in [0.25, 0.3) is 33.4 Å². The quantitative estimate of drug-likeness (QED) is 0.136. The van der Waals surface area contributed by atoms with Crippen LogP contribution in [0.5, 0.6) is 0 Å². The number of nitrogens with one attached hydrogen (secondary N) is 2. The second-order valence-electron chi connectivity index (χ2n) is 9.84. The van der Waals surface area contributed by atoms with Gasteiger partial charge in [0, 0.05) is 30.9 Å². The van der Waals surface area contributed by atoms with Crippen molar-refractivity contribution < 1.29 is 44.3 Å². The average Bonchev–Trinajstić information content (AvgIpc) is 3.60. The lowest BCUT2D eigenvalue weighted by molar-refractivity contribution is -0.137. The van der Waals surface area contributed by atoms with Crippen molar-refractivity contribution in [3.63, 3.8) is 0 Å². The number of aryl methyl sites for hydroxylation is 2. The fourth-order valence-electron chi connectivity index (χ4n) is 4.38. The van der Waals surface area contributed by atoms with Crippen molar-refractivity contribution in [1.29, 1.82) is 0 Å². The number of carbonyl (C=O) groups is 1. The number of alkyl halides is 6. The number of fused-ring (bicyclic) bond motifs is 1. The fourth-order valence-corrected chi connectivity index (χ4v) is 4.87. The van der Waals surface area contributed by atoms with Crippen LogP contribution in [0.2, 0.25) is 0 Å². The third-order valence-electron chi connectivity index (χ3n) is 6.48. The zero-order valence-corrected chi connectivity index (χ0v) is 25.6. The molecule has 0 aliphatic rings. The summed E-state index contributed by atoms with van der Waals surface area (Å²) >= 11 is 0. The summed E-state index contributed by atoms with van der Waals surface area (Å²) in [5.41, 5.74) is -0.389. The number of sulfonamides is 1. The number of hydrogen-bond donors (Lipinski definition) is 3. The SMILES string of the molecule is COC(=O)c1cc(-c2cnnn2C)c(C(F)(F)F)cc1N.Cn1nncc1-c1cc2c(=O)n(NS(C)(=O)=O)c(=O)[nH]c2cc1C(F)(F)F. The Kier molecular flexibility index (Phi) is 9.12. The number of carbonyl (C=O) groups excluding carboxylic acids is 1. The summed E-state index contributed by atoms with van der Waals surface area (Å²) in [4.78, 5) is 39.8. The van der Waals surface area contributed by atoms with E-state index in [-0.39, 0.29) is 38.3 Å². The summed E-state index contributed by atoms with van der Waals surface area (Å²) < 4.78 is 109. The molecule has 0 saturated heterocycles. The van der Waals surface area contributed by atoms with E-state index in [4.69, 9.17) is 5.73 Å². The van der Waals surface area contributed by atoms with E-state index >= 15 is 0 Å². The van der Waals surface area contributed by atoms with Crippen LogP contribution < -0.4 is 21.8 Å². The minimum Gasteiger partial charge on any atom is -0.465 e. The molecule has 5 rings (SSSR count). The van der Waals surface area contributed by atoms with Gasteiger partial charge in [0.2, 0.25) is 10.0 Å². The number of esters is 1. The average molecular weight is 705 g/mol. The molecule has 0 bridgehead atoms. The summed E-state index contributed by atoms with van der Waals surface area (Å²) in [6, 6.07) is 3.23. The van der Waals surface area contributed by atoms with Crippen molar-refractivity contribution in [2.24, 2.45) is 14.1 Å². The van der Waals surface area contributed by atoms with Gasteiger partial charge >= 0.3 is 24.0 Å². The van der Waals surface area contributed by atoms with E-state index in [2.05, 4.69) is 30.3 Å². The third-order valence-corrected chi connectivity index (χ3v) is 6.99. The number of nitrogens with zero attached hydrogens (tertiary/aromatic N) is 7. The van der Waals surface area contributed by atoms with Gasteiger partial charge in [-0.05, 0) is 24.3 Å². The molecule has 5 aromatic rings. The number of methoxy groups -OCH3 is 1. The fraction of sp³-hybridized carbons (Fsp3) is 0.240. The first kappa shape index (κ1) is 35.1. The largest absolute Gasteiger partial charge is 0.465 e. The van der Waals surface area contributed by atoms with Gasteiger partial charge in [0.15, 0.2) is 0 Å². The molecule has 0 radical (unpaired) electrons. The van der Waals surface area contributed by atoms with Gasteiger partial charge in [-0.1, -0.05) is 10.4 Å². The molecular weight excluding hydrogens is 682 g/mol. The summed E-state index contributed by atoms with van der Waals surface area (Å²) in [6.45, 7) is 0. The van der Waals surface area contributed by atoms with Crippen LogP contribution in [-0.2, 0) is 41.2 Å². The van der Waals surface area contributed by atoms with Gasteiger partial charge in [0.1, 0.15) is 0 Å². The Hall–Kier alpha value is -5.74. The van der Waals surface area contributed by atoms with Crippen molar-refractivity contribution in [3.8, 4) is 22.5 Å². The molecule has 23 heteroatoms. The van der Waals surface area contributed by atoms with Gasteiger partial charge in [0.05, 0.1) is 64.7 Å². The molecule has 48 heavy (non-hydrogen) atoms. The molecule has 4 N–H and O–H groups in total. The van der Waals surface area contributed by atoms with Gasteiger partial charge in [-0.25, -0.2) is 32.2 Å². The number of nitrogens with two attached hydrogens (primary N) is 1. The number of rotatable bonds is 5. The molecule has 16 nitrogen and oxygen atoms in total. The number of aromatic amines is 1. The lowest BCUT2D eigenvalue weighted by atomic mass is 9.99. The van der Waals surface area contributed by atoms with Crippen LogP contribution in [-0.4, -0.2) is 67.4 Å². The molecule has 0 saturated carbocycles. The highest BCUT2D eigenvalue weighted by Gasteiger charge is 2.37. The monoisotopic (exact) mass is 704 g/mol. The number of nitrogen functional groups attached to an aromatic ring is 1. The maximum Gasteiger partial charge on any atom is 0.417 e. The van der Waals surface area contributed by atoms with Crippen molar-refractivity contribution >= 4 is 32.6 Å². The number of H-pyrrole nitrogens is 1. The Morgan fingerprint density at radius 2 is 1.40 bits per heavy atom. The van der Waals surface area contributed by atoms with Crippen LogP contribution in [0.1, 0.15) is 21.5 Å². The first-order valence-corrected chi connectivity index (χ1v) is 14.7. The Balaban J connectivity index is 0.000000224. The van der Waals surface area contributed by atoms with Gasteiger partial charge in [-0.2, -0.15) is 31.0 Å². The molecular formula is C25H22F6N10O6S. The number of aromatic nitrogens is 8. The van der Waals surface area contributed by atoms with E-state index in [0.717, 1.165) is 30.1 Å². The molecule has 0 fully saturated rings. The van der Waals surface area contributed by atoms with Crippen molar-refractivity contribution in [2.45, 2.75) is 12.4 Å². The molecule has 2 aromatic carbocycles. The highest BCUT2D eigenvalue weighted by molar-refractivity contribution is 7.91. The Labute approximate surface area is 263 Å². The van der Waals surface area contributed by atoms with Crippen LogP contribution in [0.15, 0.2) is 46.2 Å². The van der Waals surface area contributed by atoms with E-state index in [1.54, 1.807) is 4.83 Å². The highest BCUT2D eigenvalue weighted by Crippen LogP contribution is 2.40. The minimum absolute atomic E-state index is 0.0301. The molecule has 0 aliphatic heterocycles. The molecule has 0 unspecified atom stereocenters. The predicted molar refractivity (Wildman–Crippen MR) is 155 cm³/mol. The molecule has 3 heterocycles. The van der Waals surface area contributed by atoms with Gasteiger partial charge in [-0.15, -0.1) is 10.2 Å². The Morgan fingerprint density at radius 1 is 0.896 bits per heavy atom. The lowest BCUT2D eigenvalue weighted by Crippen LogP contribution is -2.43. The van der Waals surface area contributed by atoms with Crippen LogP contribution >= 0.6 is 0 Å². The molecule has 0 atom stereocenters. The van der Waals surface area contributed by atoms with Crippen molar-refractivity contribution in [3.05, 3.63) is 74.2 Å². The van der Waals surface area contributed by atoms with E-state index in [1.165, 1.54) is 25.0 Å². The smallest absolute Gasteiger partial charge is 0.417 e. The number of benzene rings is 2. The van der Waals surface area contributed by atoms with Gasteiger partial charge in [0.25, 0.3) is 5.56 Å².